The van der Waals surface area contributed by atoms with Gasteiger partial charge in [0.1, 0.15) is 11.3 Å². The minimum Gasteiger partial charge on any atom is -0.386 e. The average molecular weight is 317 g/mol. The van der Waals surface area contributed by atoms with Crippen molar-refractivity contribution < 1.29 is 9.90 Å². The fourth-order valence-electron chi connectivity index (χ4n) is 1.44. The molecule has 0 unspecified atom stereocenters. The van der Waals surface area contributed by atoms with Gasteiger partial charge in [0.05, 0.1) is 4.34 Å². The van der Waals surface area contributed by atoms with Crippen LogP contribution in [0, 0.1) is 0 Å². The highest BCUT2D eigenvalue weighted by Gasteiger charge is 2.13. The molecule has 1 amide bonds. The van der Waals surface area contributed by atoms with E-state index in [-0.39, 0.29) is 17.6 Å². The van der Waals surface area contributed by atoms with Crippen molar-refractivity contribution in [3.8, 4) is 0 Å². The Hall–Kier alpha value is -1.14. The number of aromatic nitrogens is 1. The highest BCUT2D eigenvalue weighted by Crippen LogP contribution is 2.26. The van der Waals surface area contributed by atoms with Crippen molar-refractivity contribution in [2.75, 3.05) is 6.54 Å². The molecule has 2 aromatic heterocycles. The third-order valence-electron chi connectivity index (χ3n) is 2.37. The highest BCUT2D eigenvalue weighted by molar-refractivity contribution is 7.16. The maximum absolute atomic E-state index is 11.8. The van der Waals surface area contributed by atoms with Crippen LogP contribution in [-0.2, 0) is 0 Å². The lowest BCUT2D eigenvalue weighted by Crippen LogP contribution is -2.28. The third-order valence-corrected chi connectivity index (χ3v) is 3.91. The zero-order valence-electron chi connectivity index (χ0n) is 9.64. The van der Waals surface area contributed by atoms with E-state index in [1.165, 1.54) is 23.6 Å². The molecular formula is C12H10Cl2N2O2S. The van der Waals surface area contributed by atoms with Gasteiger partial charge in [-0.25, -0.2) is 4.98 Å². The van der Waals surface area contributed by atoms with E-state index < -0.39 is 6.10 Å². The molecule has 2 aromatic rings. The maximum atomic E-state index is 11.8. The van der Waals surface area contributed by atoms with Crippen molar-refractivity contribution in [1.82, 2.24) is 10.3 Å². The standard InChI is InChI=1S/C12H10Cl2N2O2S/c13-10-5-7(3-4-15-10)12(18)16-6-8(17)9-1-2-11(14)19-9/h1-5,8,17H,6H2,(H,16,18)/t8-/m1/s1. The highest BCUT2D eigenvalue weighted by atomic mass is 35.5. The number of halogens is 2. The number of aliphatic hydroxyl groups is 1. The van der Waals surface area contributed by atoms with Gasteiger partial charge in [-0.2, -0.15) is 0 Å². The van der Waals surface area contributed by atoms with E-state index in [0.29, 0.717) is 14.8 Å². The molecule has 7 heteroatoms. The van der Waals surface area contributed by atoms with Crippen molar-refractivity contribution in [2.45, 2.75) is 6.10 Å². The van der Waals surface area contributed by atoms with Crippen LogP contribution in [0.15, 0.2) is 30.5 Å². The van der Waals surface area contributed by atoms with E-state index in [0.717, 1.165) is 0 Å². The minimum atomic E-state index is -0.779. The van der Waals surface area contributed by atoms with Crippen LogP contribution in [0.1, 0.15) is 21.3 Å². The number of carbonyl (C=O) groups is 1. The zero-order chi connectivity index (χ0) is 13.8. The van der Waals surface area contributed by atoms with Crippen LogP contribution in [-0.4, -0.2) is 22.5 Å². The summed E-state index contributed by atoms with van der Waals surface area (Å²) in [6, 6.07) is 6.45. The van der Waals surface area contributed by atoms with E-state index in [1.54, 1.807) is 18.2 Å². The summed E-state index contributed by atoms with van der Waals surface area (Å²) in [5.74, 6) is -0.314. The van der Waals surface area contributed by atoms with Crippen LogP contribution < -0.4 is 5.32 Å². The molecule has 0 saturated carbocycles. The van der Waals surface area contributed by atoms with Gasteiger partial charge in [-0.05, 0) is 24.3 Å². The van der Waals surface area contributed by atoms with Gasteiger partial charge in [-0.15, -0.1) is 11.3 Å². The van der Waals surface area contributed by atoms with Crippen molar-refractivity contribution in [2.24, 2.45) is 0 Å². The Morgan fingerprint density at radius 3 is 2.84 bits per heavy atom. The number of rotatable bonds is 4. The maximum Gasteiger partial charge on any atom is 0.251 e. The lowest BCUT2D eigenvalue weighted by Gasteiger charge is -2.10. The van der Waals surface area contributed by atoms with E-state index in [1.807, 2.05) is 0 Å². The summed E-state index contributed by atoms with van der Waals surface area (Å²) in [4.78, 5) is 16.3. The van der Waals surface area contributed by atoms with E-state index in [4.69, 9.17) is 23.2 Å². The molecule has 0 spiro atoms. The van der Waals surface area contributed by atoms with Gasteiger partial charge in [0.15, 0.2) is 0 Å². The van der Waals surface area contributed by atoms with E-state index >= 15 is 0 Å². The second-order valence-electron chi connectivity index (χ2n) is 3.73. The molecule has 0 bridgehead atoms. The summed E-state index contributed by atoms with van der Waals surface area (Å²) >= 11 is 12.8. The topological polar surface area (TPSA) is 62.2 Å². The van der Waals surface area contributed by atoms with Crippen LogP contribution >= 0.6 is 34.5 Å². The Balaban J connectivity index is 1.93. The van der Waals surface area contributed by atoms with Gasteiger partial charge >= 0.3 is 0 Å². The lowest BCUT2D eigenvalue weighted by atomic mass is 10.2. The van der Waals surface area contributed by atoms with Crippen molar-refractivity contribution >= 4 is 40.4 Å². The molecule has 0 fully saturated rings. The Labute approximate surface area is 124 Å². The zero-order valence-corrected chi connectivity index (χ0v) is 12.0. The molecule has 0 saturated heterocycles. The SMILES string of the molecule is O=C(NC[C@@H](O)c1ccc(Cl)s1)c1ccnc(Cl)c1. The Morgan fingerprint density at radius 2 is 2.21 bits per heavy atom. The summed E-state index contributed by atoms with van der Waals surface area (Å²) in [7, 11) is 0. The van der Waals surface area contributed by atoms with Gasteiger partial charge < -0.3 is 10.4 Å². The van der Waals surface area contributed by atoms with Gasteiger partial charge in [-0.1, -0.05) is 23.2 Å². The normalized spacial score (nSPS) is 12.2. The average Bonchev–Trinajstić information content (AvgIpc) is 2.82. The fourth-order valence-corrected chi connectivity index (χ4v) is 2.66. The molecule has 4 nitrogen and oxygen atoms in total. The summed E-state index contributed by atoms with van der Waals surface area (Å²) in [6.07, 6.45) is 0.672. The van der Waals surface area contributed by atoms with Crippen LogP contribution in [0.25, 0.3) is 0 Å². The molecule has 0 aliphatic heterocycles. The largest absolute Gasteiger partial charge is 0.386 e. The summed E-state index contributed by atoms with van der Waals surface area (Å²) in [5, 5.41) is 12.8. The van der Waals surface area contributed by atoms with Crippen LogP contribution in [0.3, 0.4) is 0 Å². The van der Waals surface area contributed by atoms with Crippen LogP contribution in [0.4, 0.5) is 0 Å². The number of nitrogens with one attached hydrogen (secondary N) is 1. The molecule has 2 heterocycles. The predicted octanol–water partition coefficient (Wildman–Crippen LogP) is 2.91. The number of hydrogen-bond acceptors (Lipinski definition) is 4. The molecule has 1 atom stereocenters. The molecule has 2 rings (SSSR count). The Morgan fingerprint density at radius 1 is 1.42 bits per heavy atom. The Bertz CT molecular complexity index is 589. The molecule has 0 aromatic carbocycles. The Kier molecular flexibility index (Phi) is 4.76. The number of carbonyl (C=O) groups excluding carboxylic acids is 1. The summed E-state index contributed by atoms with van der Waals surface area (Å²) in [6.45, 7) is 0.107. The number of nitrogens with zero attached hydrogens (tertiary/aromatic N) is 1. The first kappa shape index (κ1) is 14.3. The van der Waals surface area contributed by atoms with Crippen molar-refractivity contribution in [1.29, 1.82) is 0 Å². The number of hydrogen-bond donors (Lipinski definition) is 2. The molecular weight excluding hydrogens is 307 g/mol. The summed E-state index contributed by atoms with van der Waals surface area (Å²) in [5.41, 5.74) is 0.399. The smallest absolute Gasteiger partial charge is 0.251 e. The van der Waals surface area contributed by atoms with E-state index in [2.05, 4.69) is 10.3 Å². The second-order valence-corrected chi connectivity index (χ2v) is 5.87. The molecule has 100 valence electrons. The number of amides is 1. The third kappa shape index (κ3) is 3.91. The lowest BCUT2D eigenvalue weighted by molar-refractivity contribution is 0.0918. The number of aliphatic hydroxyl groups excluding tert-OH is 1. The first-order valence-corrected chi connectivity index (χ1v) is 6.96. The van der Waals surface area contributed by atoms with Crippen LogP contribution in [0.2, 0.25) is 9.49 Å². The minimum absolute atomic E-state index is 0.107. The van der Waals surface area contributed by atoms with Crippen molar-refractivity contribution in [3.05, 3.63) is 50.4 Å². The van der Waals surface area contributed by atoms with Crippen molar-refractivity contribution in [3.63, 3.8) is 0 Å². The van der Waals surface area contributed by atoms with Crippen LogP contribution in [0.5, 0.6) is 0 Å². The number of pyridine rings is 1. The molecule has 0 radical (unpaired) electrons. The predicted molar refractivity (Wildman–Crippen MR) is 75.9 cm³/mol. The summed E-state index contributed by atoms with van der Waals surface area (Å²) < 4.78 is 0.598. The quantitative estimate of drug-likeness (QED) is 0.852. The van der Waals surface area contributed by atoms with Gasteiger partial charge in [0, 0.05) is 23.2 Å². The molecule has 19 heavy (non-hydrogen) atoms. The number of thiophene rings is 1. The monoisotopic (exact) mass is 316 g/mol. The molecule has 2 N–H and O–H groups in total. The second kappa shape index (κ2) is 6.34. The van der Waals surface area contributed by atoms with Gasteiger partial charge in [0.25, 0.3) is 5.91 Å². The first-order valence-electron chi connectivity index (χ1n) is 5.39. The van der Waals surface area contributed by atoms with Gasteiger partial charge in [0.2, 0.25) is 0 Å². The molecule has 0 aliphatic rings. The van der Waals surface area contributed by atoms with Gasteiger partial charge in [-0.3, -0.25) is 4.79 Å². The fraction of sp³-hybridized carbons (Fsp3) is 0.167. The van der Waals surface area contributed by atoms with E-state index in [9.17, 15) is 9.90 Å². The molecule has 0 aliphatic carbocycles. The first-order chi connectivity index (χ1) is 9.06.